The van der Waals surface area contributed by atoms with Crippen LogP contribution < -0.4 is 10.1 Å². The van der Waals surface area contributed by atoms with Crippen molar-refractivity contribution in [2.24, 2.45) is 0 Å². The third-order valence-corrected chi connectivity index (χ3v) is 3.93. The minimum atomic E-state index is -0.285. The minimum absolute atomic E-state index is 0.0745. The summed E-state index contributed by atoms with van der Waals surface area (Å²) in [6.45, 7) is 0.711. The van der Waals surface area contributed by atoms with E-state index in [2.05, 4.69) is 10.1 Å². The van der Waals surface area contributed by atoms with Crippen LogP contribution in [0.25, 0.3) is 0 Å². The number of fused-ring (bicyclic) bond motifs is 1. The number of carbonyl (C=O) groups excluding carboxylic acids is 2. The van der Waals surface area contributed by atoms with Crippen molar-refractivity contribution in [2.45, 2.75) is 19.3 Å². The predicted molar refractivity (Wildman–Crippen MR) is 90.1 cm³/mol. The lowest BCUT2D eigenvalue weighted by atomic mass is 10.1. The van der Waals surface area contributed by atoms with E-state index in [1.807, 2.05) is 18.2 Å². The fourth-order valence-electron chi connectivity index (χ4n) is 2.69. The molecule has 0 bridgehead atoms. The molecule has 1 heterocycles. The van der Waals surface area contributed by atoms with Gasteiger partial charge in [-0.2, -0.15) is 0 Å². The standard InChI is InChI=1S/C19H19NO4/c1-23-19(22)12-13-2-5-16(6-3-13)20-18(21)11-14-4-7-17-15(10-14)8-9-24-17/h2-7,10H,8-9,11-12H2,1H3,(H,20,21). The van der Waals surface area contributed by atoms with Gasteiger partial charge in [0.1, 0.15) is 5.75 Å². The summed E-state index contributed by atoms with van der Waals surface area (Å²) < 4.78 is 10.1. The summed E-state index contributed by atoms with van der Waals surface area (Å²) in [6.07, 6.45) is 1.44. The van der Waals surface area contributed by atoms with Crippen molar-refractivity contribution in [3.05, 3.63) is 59.2 Å². The zero-order chi connectivity index (χ0) is 16.9. The van der Waals surface area contributed by atoms with Gasteiger partial charge in [-0.3, -0.25) is 9.59 Å². The lowest BCUT2D eigenvalue weighted by Gasteiger charge is -2.07. The number of nitrogens with one attached hydrogen (secondary N) is 1. The van der Waals surface area contributed by atoms with E-state index < -0.39 is 0 Å². The number of anilines is 1. The summed E-state index contributed by atoms with van der Waals surface area (Å²) >= 11 is 0. The maximum absolute atomic E-state index is 12.2. The van der Waals surface area contributed by atoms with E-state index in [0.717, 1.165) is 28.9 Å². The highest BCUT2D eigenvalue weighted by Gasteiger charge is 2.13. The topological polar surface area (TPSA) is 64.6 Å². The Labute approximate surface area is 140 Å². The van der Waals surface area contributed by atoms with Crippen molar-refractivity contribution in [3.63, 3.8) is 0 Å². The van der Waals surface area contributed by atoms with Gasteiger partial charge >= 0.3 is 5.97 Å². The van der Waals surface area contributed by atoms with Gasteiger partial charge in [-0.15, -0.1) is 0 Å². The molecule has 0 fully saturated rings. The molecular formula is C19H19NO4. The van der Waals surface area contributed by atoms with Crippen molar-refractivity contribution < 1.29 is 19.1 Å². The van der Waals surface area contributed by atoms with E-state index in [1.54, 1.807) is 24.3 Å². The smallest absolute Gasteiger partial charge is 0.309 e. The zero-order valence-corrected chi connectivity index (χ0v) is 13.5. The Hall–Kier alpha value is -2.82. The molecule has 124 valence electrons. The van der Waals surface area contributed by atoms with Crippen molar-refractivity contribution in [1.82, 2.24) is 0 Å². The van der Waals surface area contributed by atoms with Crippen LogP contribution in [0.5, 0.6) is 5.75 Å². The SMILES string of the molecule is COC(=O)Cc1ccc(NC(=O)Cc2ccc3c(c2)CCO3)cc1. The van der Waals surface area contributed by atoms with Gasteiger partial charge in [0, 0.05) is 12.1 Å². The maximum Gasteiger partial charge on any atom is 0.309 e. The van der Waals surface area contributed by atoms with Crippen LogP contribution in [0.4, 0.5) is 5.69 Å². The van der Waals surface area contributed by atoms with Crippen LogP contribution in [-0.4, -0.2) is 25.6 Å². The number of methoxy groups -OCH3 is 1. The minimum Gasteiger partial charge on any atom is -0.493 e. The van der Waals surface area contributed by atoms with Crippen LogP contribution in [-0.2, 0) is 33.6 Å². The second kappa shape index (κ2) is 7.17. The van der Waals surface area contributed by atoms with Crippen LogP contribution >= 0.6 is 0 Å². The van der Waals surface area contributed by atoms with Gasteiger partial charge in [-0.1, -0.05) is 24.3 Å². The third-order valence-electron chi connectivity index (χ3n) is 3.93. The third kappa shape index (κ3) is 3.93. The van der Waals surface area contributed by atoms with Crippen LogP contribution in [0, 0.1) is 0 Å². The first kappa shape index (κ1) is 16.1. The fourth-order valence-corrected chi connectivity index (χ4v) is 2.69. The summed E-state index contributed by atoms with van der Waals surface area (Å²) in [7, 11) is 1.36. The molecule has 1 amide bonds. The molecule has 5 nitrogen and oxygen atoms in total. The fraction of sp³-hybridized carbons (Fsp3) is 0.263. The molecule has 2 aromatic rings. The Morgan fingerprint density at radius 3 is 2.58 bits per heavy atom. The van der Waals surface area contributed by atoms with Gasteiger partial charge < -0.3 is 14.8 Å². The molecule has 3 rings (SSSR count). The summed E-state index contributed by atoms with van der Waals surface area (Å²) in [5.41, 5.74) is 3.68. The number of rotatable bonds is 5. The second-order valence-electron chi connectivity index (χ2n) is 5.72. The monoisotopic (exact) mass is 325 g/mol. The highest BCUT2D eigenvalue weighted by Crippen LogP contribution is 2.26. The van der Waals surface area contributed by atoms with E-state index in [4.69, 9.17) is 4.74 Å². The Morgan fingerprint density at radius 1 is 1.08 bits per heavy atom. The van der Waals surface area contributed by atoms with Gasteiger partial charge in [0.25, 0.3) is 0 Å². The Morgan fingerprint density at radius 2 is 1.83 bits per heavy atom. The van der Waals surface area contributed by atoms with Gasteiger partial charge in [0.05, 0.1) is 26.6 Å². The van der Waals surface area contributed by atoms with Gasteiger partial charge in [-0.25, -0.2) is 0 Å². The quantitative estimate of drug-likeness (QED) is 0.858. The molecule has 0 aromatic heterocycles. The maximum atomic E-state index is 12.2. The van der Waals surface area contributed by atoms with Crippen molar-refractivity contribution in [1.29, 1.82) is 0 Å². The molecule has 0 saturated carbocycles. The molecule has 0 atom stereocenters. The molecule has 0 radical (unpaired) electrons. The highest BCUT2D eigenvalue weighted by molar-refractivity contribution is 5.92. The van der Waals surface area contributed by atoms with Gasteiger partial charge in [0.2, 0.25) is 5.91 Å². The summed E-state index contributed by atoms with van der Waals surface area (Å²) in [5.74, 6) is 0.558. The Balaban J connectivity index is 1.57. The van der Waals surface area contributed by atoms with E-state index in [9.17, 15) is 9.59 Å². The lowest BCUT2D eigenvalue weighted by Crippen LogP contribution is -2.14. The summed E-state index contributed by atoms with van der Waals surface area (Å²) in [6, 6.07) is 13.1. The van der Waals surface area contributed by atoms with E-state index >= 15 is 0 Å². The molecule has 5 heteroatoms. The summed E-state index contributed by atoms with van der Waals surface area (Å²) in [4.78, 5) is 23.4. The van der Waals surface area contributed by atoms with Crippen LogP contribution in [0.3, 0.4) is 0 Å². The van der Waals surface area contributed by atoms with Gasteiger partial charge in [-0.05, 0) is 34.9 Å². The van der Waals surface area contributed by atoms with E-state index in [-0.39, 0.29) is 18.3 Å². The van der Waals surface area contributed by atoms with Crippen LogP contribution in [0.2, 0.25) is 0 Å². The van der Waals surface area contributed by atoms with Crippen molar-refractivity contribution in [3.8, 4) is 5.75 Å². The highest BCUT2D eigenvalue weighted by atomic mass is 16.5. The predicted octanol–water partition coefficient (Wildman–Crippen LogP) is 2.52. The van der Waals surface area contributed by atoms with Gasteiger partial charge in [0.15, 0.2) is 0 Å². The Kier molecular flexibility index (Phi) is 4.79. The first-order valence-electron chi connectivity index (χ1n) is 7.84. The lowest BCUT2D eigenvalue weighted by molar-refractivity contribution is -0.139. The normalized spacial score (nSPS) is 12.2. The number of amides is 1. The number of ether oxygens (including phenoxy) is 2. The molecule has 0 saturated heterocycles. The Bertz CT molecular complexity index is 752. The van der Waals surface area contributed by atoms with Crippen molar-refractivity contribution in [2.75, 3.05) is 19.0 Å². The average molecular weight is 325 g/mol. The first-order valence-corrected chi connectivity index (χ1v) is 7.84. The molecule has 1 aliphatic rings. The number of hydrogen-bond donors (Lipinski definition) is 1. The molecular weight excluding hydrogens is 306 g/mol. The van der Waals surface area contributed by atoms with Crippen molar-refractivity contribution >= 4 is 17.6 Å². The summed E-state index contributed by atoms with van der Waals surface area (Å²) in [5, 5.41) is 2.87. The number of esters is 1. The molecule has 2 aromatic carbocycles. The molecule has 24 heavy (non-hydrogen) atoms. The van der Waals surface area contributed by atoms with Crippen LogP contribution in [0.15, 0.2) is 42.5 Å². The second-order valence-corrected chi connectivity index (χ2v) is 5.72. The zero-order valence-electron chi connectivity index (χ0n) is 13.5. The van der Waals surface area contributed by atoms with E-state index in [0.29, 0.717) is 18.7 Å². The first-order chi connectivity index (χ1) is 11.6. The van der Waals surface area contributed by atoms with Crippen LogP contribution in [0.1, 0.15) is 16.7 Å². The molecule has 1 N–H and O–H groups in total. The molecule has 0 spiro atoms. The van der Waals surface area contributed by atoms with E-state index in [1.165, 1.54) is 7.11 Å². The number of benzene rings is 2. The average Bonchev–Trinajstić information content (AvgIpc) is 3.04. The number of carbonyl (C=O) groups is 2. The number of hydrogen-bond acceptors (Lipinski definition) is 4. The molecule has 0 aliphatic carbocycles. The molecule has 1 aliphatic heterocycles. The molecule has 0 unspecified atom stereocenters. The largest absolute Gasteiger partial charge is 0.493 e.